The van der Waals surface area contributed by atoms with Crippen LogP contribution in [0.15, 0.2) is 0 Å². The number of carbonyl (C=O) groups excluding carboxylic acids is 5. The van der Waals surface area contributed by atoms with Gasteiger partial charge in [0.2, 0.25) is 29.5 Å². The lowest BCUT2D eigenvalue weighted by atomic mass is 9.96. The largest absolute Gasteiger partial charge is 0.480 e. The Bertz CT molecular complexity index is 766. The van der Waals surface area contributed by atoms with Crippen LogP contribution >= 0.6 is 11.8 Å². The molecule has 0 aromatic rings. The number of aliphatic carboxylic acids is 1. The Labute approximate surface area is 209 Å². The second kappa shape index (κ2) is 16.7. The number of carboxylic acid groups (broad SMARTS) is 1. The van der Waals surface area contributed by atoms with E-state index in [0.29, 0.717) is 18.6 Å². The van der Waals surface area contributed by atoms with Crippen LogP contribution in [-0.4, -0.2) is 76.8 Å². The Morgan fingerprint density at radius 3 is 1.80 bits per heavy atom. The summed E-state index contributed by atoms with van der Waals surface area (Å²) in [6.07, 6.45) is 1.89. The van der Waals surface area contributed by atoms with Crippen LogP contribution in [0.25, 0.3) is 0 Å². The van der Waals surface area contributed by atoms with E-state index in [9.17, 15) is 33.9 Å². The monoisotopic (exact) mass is 518 g/mol. The van der Waals surface area contributed by atoms with Gasteiger partial charge < -0.3 is 38.3 Å². The molecule has 0 radical (unpaired) electrons. The highest BCUT2D eigenvalue weighted by Crippen LogP contribution is 2.11. The maximum atomic E-state index is 13.0. The van der Waals surface area contributed by atoms with Crippen LogP contribution in [-0.2, 0) is 28.8 Å². The van der Waals surface area contributed by atoms with Crippen molar-refractivity contribution in [2.24, 2.45) is 23.1 Å². The molecule has 0 aliphatic heterocycles. The number of nitrogens with one attached hydrogen (secondary N) is 3. The number of rotatable bonds is 18. The van der Waals surface area contributed by atoms with E-state index in [2.05, 4.69) is 16.0 Å². The number of hydrogen-bond acceptors (Lipinski definition) is 8. The zero-order valence-electron chi connectivity index (χ0n) is 20.4. The summed E-state index contributed by atoms with van der Waals surface area (Å²) in [4.78, 5) is 72.1. The third-order valence-corrected chi connectivity index (χ3v) is 6.01. The summed E-state index contributed by atoms with van der Waals surface area (Å²) in [5.74, 6) is -4.67. The van der Waals surface area contributed by atoms with E-state index in [4.69, 9.17) is 17.2 Å². The molecular weight excluding hydrogens is 480 g/mol. The van der Waals surface area contributed by atoms with E-state index < -0.39 is 65.6 Å². The third-order valence-electron chi connectivity index (χ3n) is 5.37. The fraction of sp³-hybridized carbons (Fsp3) is 0.714. The minimum absolute atomic E-state index is 0.118. The van der Waals surface area contributed by atoms with Crippen LogP contribution in [0.4, 0.5) is 0 Å². The molecule has 0 aromatic heterocycles. The molecule has 35 heavy (non-hydrogen) atoms. The molecule has 0 rings (SSSR count). The topological polar surface area (TPSA) is 237 Å². The van der Waals surface area contributed by atoms with Crippen molar-refractivity contribution >= 4 is 47.3 Å². The summed E-state index contributed by atoms with van der Waals surface area (Å²) in [7, 11) is 0. The summed E-state index contributed by atoms with van der Waals surface area (Å²) in [6.45, 7) is 3.45. The number of carbonyl (C=O) groups is 6. The smallest absolute Gasteiger partial charge is 0.326 e. The summed E-state index contributed by atoms with van der Waals surface area (Å²) in [6, 6.07) is -4.61. The van der Waals surface area contributed by atoms with Gasteiger partial charge in [0.1, 0.15) is 18.1 Å². The fourth-order valence-electron chi connectivity index (χ4n) is 2.97. The van der Waals surface area contributed by atoms with E-state index in [1.165, 1.54) is 11.8 Å². The Morgan fingerprint density at radius 1 is 0.829 bits per heavy atom. The van der Waals surface area contributed by atoms with E-state index in [1.54, 1.807) is 13.8 Å². The number of nitrogens with two attached hydrogens (primary N) is 3. The minimum Gasteiger partial charge on any atom is -0.480 e. The van der Waals surface area contributed by atoms with Gasteiger partial charge in [-0.25, -0.2) is 4.79 Å². The maximum Gasteiger partial charge on any atom is 0.326 e. The molecule has 5 amide bonds. The van der Waals surface area contributed by atoms with Crippen LogP contribution in [0.5, 0.6) is 0 Å². The van der Waals surface area contributed by atoms with Gasteiger partial charge in [0.25, 0.3) is 0 Å². The zero-order valence-corrected chi connectivity index (χ0v) is 21.2. The van der Waals surface area contributed by atoms with Crippen molar-refractivity contribution in [1.82, 2.24) is 16.0 Å². The lowest BCUT2D eigenvalue weighted by Gasteiger charge is -2.28. The molecule has 14 heteroatoms. The first-order valence-corrected chi connectivity index (χ1v) is 12.7. The predicted molar refractivity (Wildman–Crippen MR) is 131 cm³/mol. The molecule has 0 spiro atoms. The normalized spacial score (nSPS) is 15.1. The Morgan fingerprint density at radius 2 is 1.34 bits per heavy atom. The highest BCUT2D eigenvalue weighted by molar-refractivity contribution is 7.98. The van der Waals surface area contributed by atoms with Crippen LogP contribution in [0.1, 0.15) is 52.4 Å². The van der Waals surface area contributed by atoms with Gasteiger partial charge in [0.15, 0.2) is 0 Å². The molecule has 0 bridgehead atoms. The van der Waals surface area contributed by atoms with E-state index in [0.717, 1.165) is 0 Å². The molecule has 200 valence electrons. The van der Waals surface area contributed by atoms with Gasteiger partial charge in [0.05, 0.1) is 6.04 Å². The van der Waals surface area contributed by atoms with Crippen molar-refractivity contribution in [2.45, 2.75) is 76.5 Å². The summed E-state index contributed by atoms with van der Waals surface area (Å²) in [5, 5.41) is 16.7. The van der Waals surface area contributed by atoms with Gasteiger partial charge in [-0.05, 0) is 37.2 Å². The standard InChI is InChI=1S/C21H38N6O7S/c1-4-11(2)17(20(32)26-14(21(33)34)6-8-16(24)29)27-19(31)13(5-7-15(23)28)25-18(30)12(22)9-10-35-3/h11-14,17H,4-10,22H2,1-3H3,(H2,23,28)(H2,24,29)(H,25,30)(H,26,32)(H,27,31)(H,33,34). The molecule has 0 aromatic carbocycles. The van der Waals surface area contributed by atoms with Crippen molar-refractivity contribution in [3.8, 4) is 0 Å². The van der Waals surface area contributed by atoms with E-state index in [1.807, 2.05) is 6.26 Å². The molecule has 0 saturated carbocycles. The van der Waals surface area contributed by atoms with Crippen LogP contribution in [0.3, 0.4) is 0 Å². The van der Waals surface area contributed by atoms with Gasteiger partial charge in [-0.2, -0.15) is 11.8 Å². The van der Waals surface area contributed by atoms with Crippen molar-refractivity contribution in [3.05, 3.63) is 0 Å². The predicted octanol–water partition coefficient (Wildman–Crippen LogP) is -1.82. The molecule has 0 aliphatic carbocycles. The molecule has 5 unspecified atom stereocenters. The minimum atomic E-state index is -1.39. The van der Waals surface area contributed by atoms with Gasteiger partial charge in [-0.15, -0.1) is 0 Å². The van der Waals surface area contributed by atoms with Crippen molar-refractivity contribution in [3.63, 3.8) is 0 Å². The number of primary amides is 2. The number of carboxylic acids is 1. The lowest BCUT2D eigenvalue weighted by Crippen LogP contribution is -2.58. The highest BCUT2D eigenvalue weighted by atomic mass is 32.2. The number of hydrogen-bond donors (Lipinski definition) is 7. The average Bonchev–Trinajstić information content (AvgIpc) is 2.79. The molecule has 0 saturated heterocycles. The summed E-state index contributed by atoms with van der Waals surface area (Å²) < 4.78 is 0. The first-order chi connectivity index (χ1) is 16.3. The van der Waals surface area contributed by atoms with Gasteiger partial charge in [0, 0.05) is 12.8 Å². The molecule has 0 aliphatic rings. The van der Waals surface area contributed by atoms with Crippen molar-refractivity contribution < 1.29 is 33.9 Å². The molecule has 0 fully saturated rings. The second-order valence-corrected chi connectivity index (χ2v) is 9.22. The maximum absolute atomic E-state index is 13.0. The molecule has 5 atom stereocenters. The number of amides is 5. The molecule has 13 nitrogen and oxygen atoms in total. The second-order valence-electron chi connectivity index (χ2n) is 8.23. The highest BCUT2D eigenvalue weighted by Gasteiger charge is 2.32. The Balaban J connectivity index is 5.58. The van der Waals surface area contributed by atoms with Crippen molar-refractivity contribution in [1.29, 1.82) is 0 Å². The van der Waals surface area contributed by atoms with E-state index in [-0.39, 0.29) is 25.7 Å². The van der Waals surface area contributed by atoms with Crippen LogP contribution < -0.4 is 33.2 Å². The van der Waals surface area contributed by atoms with Gasteiger partial charge in [-0.3, -0.25) is 24.0 Å². The fourth-order valence-corrected chi connectivity index (χ4v) is 3.46. The molecule has 0 heterocycles. The van der Waals surface area contributed by atoms with Gasteiger partial charge in [-0.1, -0.05) is 20.3 Å². The first-order valence-electron chi connectivity index (χ1n) is 11.3. The van der Waals surface area contributed by atoms with Crippen LogP contribution in [0, 0.1) is 5.92 Å². The van der Waals surface area contributed by atoms with E-state index >= 15 is 0 Å². The quantitative estimate of drug-likeness (QED) is 0.108. The third kappa shape index (κ3) is 13.0. The Hall–Kier alpha value is -2.87. The van der Waals surface area contributed by atoms with Crippen molar-refractivity contribution in [2.75, 3.05) is 12.0 Å². The molecule has 10 N–H and O–H groups in total. The SMILES string of the molecule is CCC(C)C(NC(=O)C(CCC(N)=O)NC(=O)C(N)CCSC)C(=O)NC(CCC(N)=O)C(=O)O. The summed E-state index contributed by atoms with van der Waals surface area (Å²) in [5.41, 5.74) is 16.1. The summed E-state index contributed by atoms with van der Waals surface area (Å²) >= 11 is 1.50. The first kappa shape index (κ1) is 32.1. The Kier molecular flexibility index (Phi) is 15.3. The average molecular weight is 519 g/mol. The zero-order chi connectivity index (χ0) is 27.1. The molecular formula is C21H38N6O7S. The van der Waals surface area contributed by atoms with Gasteiger partial charge >= 0.3 is 5.97 Å². The number of thioether (sulfide) groups is 1. The lowest BCUT2D eigenvalue weighted by molar-refractivity contribution is -0.143. The van der Waals surface area contributed by atoms with Crippen LogP contribution in [0.2, 0.25) is 0 Å².